The van der Waals surface area contributed by atoms with Gasteiger partial charge in [-0.1, -0.05) is 24.3 Å². The molecule has 1 N–H and O–H groups in total. The van der Waals surface area contributed by atoms with Crippen LogP contribution in [0.5, 0.6) is 5.75 Å². The largest absolute Gasteiger partial charge is 0.487 e. The van der Waals surface area contributed by atoms with Crippen LogP contribution in [0.3, 0.4) is 0 Å². The standard InChI is InChI=1S/C15H19N3O3/c1-4-11-5-7-12(8-6-11)21-9-13-14(15(19)20)16-17-18(13)10(2)3/h5-8,10H,4,9H2,1-3H3,(H,19,20). The van der Waals surface area contributed by atoms with E-state index in [9.17, 15) is 4.79 Å². The minimum absolute atomic E-state index is 0.0201. The summed E-state index contributed by atoms with van der Waals surface area (Å²) in [7, 11) is 0. The van der Waals surface area contributed by atoms with E-state index in [1.165, 1.54) is 5.56 Å². The summed E-state index contributed by atoms with van der Waals surface area (Å²) in [5, 5.41) is 16.7. The number of carboxylic acids is 1. The van der Waals surface area contributed by atoms with E-state index in [0.29, 0.717) is 11.4 Å². The molecule has 0 fully saturated rings. The van der Waals surface area contributed by atoms with E-state index in [2.05, 4.69) is 17.2 Å². The van der Waals surface area contributed by atoms with Crippen LogP contribution >= 0.6 is 0 Å². The monoisotopic (exact) mass is 289 g/mol. The maximum atomic E-state index is 11.2. The zero-order valence-electron chi connectivity index (χ0n) is 12.4. The number of rotatable bonds is 6. The van der Waals surface area contributed by atoms with Crippen molar-refractivity contribution in [2.45, 2.75) is 39.8 Å². The molecule has 2 rings (SSSR count). The Kier molecular flexibility index (Phi) is 4.57. The third-order valence-corrected chi connectivity index (χ3v) is 3.19. The van der Waals surface area contributed by atoms with Crippen LogP contribution in [0, 0.1) is 0 Å². The first kappa shape index (κ1) is 15.0. The summed E-state index contributed by atoms with van der Waals surface area (Å²) in [6.07, 6.45) is 0.966. The van der Waals surface area contributed by atoms with Gasteiger partial charge in [0, 0.05) is 6.04 Å². The second-order valence-corrected chi connectivity index (χ2v) is 5.01. The van der Waals surface area contributed by atoms with Gasteiger partial charge in [0.05, 0.1) is 0 Å². The van der Waals surface area contributed by atoms with Gasteiger partial charge in [-0.15, -0.1) is 5.10 Å². The molecule has 6 heteroatoms. The van der Waals surface area contributed by atoms with Gasteiger partial charge in [0.2, 0.25) is 0 Å². The predicted molar refractivity (Wildman–Crippen MR) is 77.5 cm³/mol. The average Bonchev–Trinajstić information content (AvgIpc) is 2.90. The number of hydrogen-bond donors (Lipinski definition) is 1. The summed E-state index contributed by atoms with van der Waals surface area (Å²) in [6.45, 7) is 6.04. The summed E-state index contributed by atoms with van der Waals surface area (Å²) in [4.78, 5) is 11.2. The number of aryl methyl sites for hydroxylation is 1. The normalized spacial score (nSPS) is 10.9. The lowest BCUT2D eigenvalue weighted by Gasteiger charge is -2.11. The molecule has 112 valence electrons. The van der Waals surface area contributed by atoms with Gasteiger partial charge in [0.15, 0.2) is 5.69 Å². The van der Waals surface area contributed by atoms with E-state index >= 15 is 0 Å². The molecule has 2 aromatic rings. The number of carbonyl (C=O) groups is 1. The Labute approximate surface area is 123 Å². The van der Waals surface area contributed by atoms with E-state index in [1.54, 1.807) is 4.68 Å². The van der Waals surface area contributed by atoms with Gasteiger partial charge in [0.1, 0.15) is 18.1 Å². The van der Waals surface area contributed by atoms with Crippen molar-refractivity contribution in [1.29, 1.82) is 0 Å². The maximum absolute atomic E-state index is 11.2. The Morgan fingerprint density at radius 3 is 2.52 bits per heavy atom. The van der Waals surface area contributed by atoms with Crippen LogP contribution in [0.25, 0.3) is 0 Å². The highest BCUT2D eigenvalue weighted by Crippen LogP contribution is 2.17. The fraction of sp³-hybridized carbons (Fsp3) is 0.400. The summed E-state index contributed by atoms with van der Waals surface area (Å²) in [6, 6.07) is 7.76. The minimum Gasteiger partial charge on any atom is -0.487 e. The Morgan fingerprint density at radius 2 is 2.00 bits per heavy atom. The highest BCUT2D eigenvalue weighted by Gasteiger charge is 2.20. The fourth-order valence-corrected chi connectivity index (χ4v) is 2.00. The van der Waals surface area contributed by atoms with Gasteiger partial charge in [-0.05, 0) is 38.0 Å². The molecule has 0 unspecified atom stereocenters. The summed E-state index contributed by atoms with van der Waals surface area (Å²) in [5.74, 6) is -0.401. The number of ether oxygens (including phenoxy) is 1. The van der Waals surface area contributed by atoms with Crippen molar-refractivity contribution in [1.82, 2.24) is 15.0 Å². The quantitative estimate of drug-likeness (QED) is 0.884. The molecule has 0 aliphatic heterocycles. The van der Waals surface area contributed by atoms with Crippen LogP contribution in [0.2, 0.25) is 0 Å². The van der Waals surface area contributed by atoms with E-state index in [4.69, 9.17) is 9.84 Å². The molecule has 1 aromatic carbocycles. The predicted octanol–water partition coefficient (Wildman–Crippen LogP) is 2.70. The first-order valence-corrected chi connectivity index (χ1v) is 6.92. The van der Waals surface area contributed by atoms with Gasteiger partial charge < -0.3 is 9.84 Å². The Hall–Kier alpha value is -2.37. The van der Waals surface area contributed by atoms with Crippen molar-refractivity contribution in [3.8, 4) is 5.75 Å². The highest BCUT2D eigenvalue weighted by molar-refractivity contribution is 5.86. The van der Waals surface area contributed by atoms with Gasteiger partial charge >= 0.3 is 5.97 Å². The van der Waals surface area contributed by atoms with Gasteiger partial charge in [0.25, 0.3) is 0 Å². The molecular weight excluding hydrogens is 270 g/mol. The number of benzene rings is 1. The average molecular weight is 289 g/mol. The van der Waals surface area contributed by atoms with Gasteiger partial charge in [-0.3, -0.25) is 0 Å². The zero-order valence-corrected chi connectivity index (χ0v) is 12.4. The molecule has 21 heavy (non-hydrogen) atoms. The van der Waals surface area contributed by atoms with E-state index in [1.807, 2.05) is 38.1 Å². The van der Waals surface area contributed by atoms with Crippen molar-refractivity contribution in [3.05, 3.63) is 41.2 Å². The summed E-state index contributed by atoms with van der Waals surface area (Å²) >= 11 is 0. The Bertz CT molecular complexity index is 618. The molecule has 0 aliphatic rings. The lowest BCUT2D eigenvalue weighted by Crippen LogP contribution is -2.13. The number of aromatic nitrogens is 3. The SMILES string of the molecule is CCc1ccc(OCc2c(C(=O)O)nnn2C(C)C)cc1. The van der Waals surface area contributed by atoms with E-state index in [-0.39, 0.29) is 18.3 Å². The molecule has 0 spiro atoms. The smallest absolute Gasteiger partial charge is 0.358 e. The van der Waals surface area contributed by atoms with Crippen molar-refractivity contribution in [2.75, 3.05) is 0 Å². The topological polar surface area (TPSA) is 77.2 Å². The summed E-state index contributed by atoms with van der Waals surface area (Å²) in [5.41, 5.74) is 1.63. The molecule has 0 radical (unpaired) electrons. The molecule has 1 aromatic heterocycles. The molecule has 1 heterocycles. The highest BCUT2D eigenvalue weighted by atomic mass is 16.5. The van der Waals surface area contributed by atoms with Crippen LogP contribution in [-0.4, -0.2) is 26.1 Å². The van der Waals surface area contributed by atoms with Crippen LogP contribution in [-0.2, 0) is 13.0 Å². The van der Waals surface area contributed by atoms with Crippen LogP contribution in [0.1, 0.15) is 48.6 Å². The van der Waals surface area contributed by atoms with Crippen LogP contribution in [0.4, 0.5) is 0 Å². The van der Waals surface area contributed by atoms with E-state index < -0.39 is 5.97 Å². The molecule has 6 nitrogen and oxygen atoms in total. The van der Waals surface area contributed by atoms with Gasteiger partial charge in [-0.25, -0.2) is 9.48 Å². The Balaban J connectivity index is 2.17. The van der Waals surface area contributed by atoms with Crippen molar-refractivity contribution >= 4 is 5.97 Å². The molecule has 0 amide bonds. The van der Waals surface area contributed by atoms with Crippen molar-refractivity contribution < 1.29 is 14.6 Å². The second-order valence-electron chi connectivity index (χ2n) is 5.01. The van der Waals surface area contributed by atoms with Crippen molar-refractivity contribution in [2.24, 2.45) is 0 Å². The van der Waals surface area contributed by atoms with Crippen LogP contribution < -0.4 is 4.74 Å². The lowest BCUT2D eigenvalue weighted by molar-refractivity contribution is 0.0687. The first-order valence-electron chi connectivity index (χ1n) is 6.92. The Morgan fingerprint density at radius 1 is 1.33 bits per heavy atom. The maximum Gasteiger partial charge on any atom is 0.358 e. The third kappa shape index (κ3) is 3.39. The first-order chi connectivity index (χ1) is 10.0. The molecular formula is C15H19N3O3. The number of carboxylic acid groups (broad SMARTS) is 1. The van der Waals surface area contributed by atoms with Crippen molar-refractivity contribution in [3.63, 3.8) is 0 Å². The van der Waals surface area contributed by atoms with Crippen LogP contribution in [0.15, 0.2) is 24.3 Å². The molecule has 0 aliphatic carbocycles. The minimum atomic E-state index is -1.10. The molecule has 0 atom stereocenters. The fourth-order valence-electron chi connectivity index (χ4n) is 2.00. The lowest BCUT2D eigenvalue weighted by atomic mass is 10.2. The second kappa shape index (κ2) is 6.39. The summed E-state index contributed by atoms with van der Waals surface area (Å²) < 4.78 is 7.24. The number of nitrogens with zero attached hydrogens (tertiary/aromatic N) is 3. The van der Waals surface area contributed by atoms with E-state index in [0.717, 1.165) is 6.42 Å². The number of aromatic carboxylic acids is 1. The van der Waals surface area contributed by atoms with Gasteiger partial charge in [-0.2, -0.15) is 0 Å². The molecule has 0 saturated heterocycles. The zero-order chi connectivity index (χ0) is 15.4. The molecule has 0 bridgehead atoms. The number of hydrogen-bond acceptors (Lipinski definition) is 4. The molecule has 0 saturated carbocycles. The third-order valence-electron chi connectivity index (χ3n) is 3.19.